The maximum Gasteiger partial charge on any atom is 0.295 e. The fourth-order valence-electron chi connectivity index (χ4n) is 4.02. The lowest BCUT2D eigenvalue weighted by atomic mass is 9.95. The molecule has 0 radical (unpaired) electrons. The molecule has 0 bridgehead atoms. The smallest absolute Gasteiger partial charge is 0.295 e. The van der Waals surface area contributed by atoms with Crippen molar-refractivity contribution >= 4 is 29.1 Å². The molecule has 1 heterocycles. The van der Waals surface area contributed by atoms with Crippen LogP contribution in [0.2, 0.25) is 5.02 Å². The van der Waals surface area contributed by atoms with Crippen molar-refractivity contribution in [2.24, 2.45) is 5.92 Å². The maximum absolute atomic E-state index is 13.1. The predicted octanol–water partition coefficient (Wildman–Crippen LogP) is 5.14. The number of amides is 1. The third-order valence-corrected chi connectivity index (χ3v) is 6.24. The molecule has 182 valence electrons. The van der Waals surface area contributed by atoms with Crippen molar-refractivity contribution in [1.29, 1.82) is 0 Å². The zero-order valence-electron chi connectivity index (χ0n) is 20.3. The number of likely N-dealkylation sites (tertiary alicyclic amines) is 1. The minimum atomic E-state index is -0.690. The van der Waals surface area contributed by atoms with Crippen molar-refractivity contribution in [2.45, 2.75) is 33.7 Å². The number of Topliss-reactive ketones (excluding diaryl/α,β-unsaturated/α-hetero) is 1. The summed E-state index contributed by atoms with van der Waals surface area (Å²) in [5.74, 6) is -0.416. The average Bonchev–Trinajstić information content (AvgIpc) is 3.08. The van der Waals surface area contributed by atoms with Crippen molar-refractivity contribution in [1.82, 2.24) is 9.80 Å². The fraction of sp³-hybridized carbons (Fsp3) is 0.407. The van der Waals surface area contributed by atoms with Crippen LogP contribution in [0.15, 0.2) is 54.1 Å². The van der Waals surface area contributed by atoms with E-state index in [1.807, 2.05) is 0 Å². The molecule has 1 amide bonds. The molecule has 7 heteroatoms. The molecule has 0 aliphatic carbocycles. The molecular formula is C27H33ClN2O4. The molecule has 0 aromatic heterocycles. The number of hydrogen-bond acceptors (Lipinski definition) is 5. The number of nitrogens with zero attached hydrogens (tertiary/aromatic N) is 2. The first-order chi connectivity index (χ1) is 16.3. The lowest BCUT2D eigenvalue weighted by molar-refractivity contribution is -0.140. The Morgan fingerprint density at radius 2 is 1.68 bits per heavy atom. The van der Waals surface area contributed by atoms with Gasteiger partial charge in [0.15, 0.2) is 0 Å². The molecule has 0 spiro atoms. The second-order valence-corrected chi connectivity index (χ2v) is 9.24. The monoisotopic (exact) mass is 484 g/mol. The summed E-state index contributed by atoms with van der Waals surface area (Å²) >= 11 is 6.08. The molecule has 1 saturated heterocycles. The summed E-state index contributed by atoms with van der Waals surface area (Å²) in [6, 6.07) is 13.3. The Hall–Kier alpha value is -2.83. The van der Waals surface area contributed by atoms with Crippen LogP contribution in [0.4, 0.5) is 0 Å². The van der Waals surface area contributed by atoms with Gasteiger partial charge in [-0.25, -0.2) is 0 Å². The Bertz CT molecular complexity index is 1030. The van der Waals surface area contributed by atoms with Gasteiger partial charge in [-0.1, -0.05) is 51.4 Å². The van der Waals surface area contributed by atoms with Gasteiger partial charge in [0.25, 0.3) is 11.7 Å². The first-order valence-electron chi connectivity index (χ1n) is 11.8. The standard InChI is InChI=1S/C27H33ClN2O4/c1-5-29(6-2)15-16-30-24(19-7-11-21(28)12-8-19)23(26(32)27(30)33)25(31)20-9-13-22(14-10-20)34-17-18(3)4/h7-14,18,24,31H,5-6,15-17H2,1-4H3/t24-/m1/s1. The minimum absolute atomic E-state index is 0.0859. The number of aliphatic hydroxyl groups is 1. The zero-order valence-corrected chi connectivity index (χ0v) is 21.0. The second kappa shape index (κ2) is 11.5. The summed E-state index contributed by atoms with van der Waals surface area (Å²) in [5, 5.41) is 11.8. The number of carbonyl (C=O) groups excluding carboxylic acids is 2. The maximum atomic E-state index is 13.1. The van der Waals surface area contributed by atoms with Crippen LogP contribution in [0.25, 0.3) is 5.76 Å². The van der Waals surface area contributed by atoms with Gasteiger partial charge in [-0.05, 0) is 61.0 Å². The number of hydrogen-bond donors (Lipinski definition) is 1. The van der Waals surface area contributed by atoms with E-state index in [9.17, 15) is 14.7 Å². The summed E-state index contributed by atoms with van der Waals surface area (Å²) < 4.78 is 5.72. The third-order valence-electron chi connectivity index (χ3n) is 5.99. The highest BCUT2D eigenvalue weighted by molar-refractivity contribution is 6.46. The van der Waals surface area contributed by atoms with Gasteiger partial charge < -0.3 is 19.6 Å². The van der Waals surface area contributed by atoms with E-state index >= 15 is 0 Å². The fourth-order valence-corrected chi connectivity index (χ4v) is 4.14. The zero-order chi connectivity index (χ0) is 24.8. The van der Waals surface area contributed by atoms with Gasteiger partial charge >= 0.3 is 0 Å². The van der Waals surface area contributed by atoms with Crippen molar-refractivity contribution in [3.05, 3.63) is 70.3 Å². The average molecular weight is 485 g/mol. The first-order valence-corrected chi connectivity index (χ1v) is 12.1. The van der Waals surface area contributed by atoms with E-state index in [0.29, 0.717) is 41.9 Å². The van der Waals surface area contributed by atoms with Crippen LogP contribution in [0.1, 0.15) is 44.9 Å². The summed E-state index contributed by atoms with van der Waals surface area (Å²) in [6.45, 7) is 11.5. The number of carbonyl (C=O) groups is 2. The van der Waals surface area contributed by atoms with Crippen LogP contribution in [0, 0.1) is 5.92 Å². The Kier molecular flexibility index (Phi) is 8.75. The molecule has 1 N–H and O–H groups in total. The Morgan fingerprint density at radius 3 is 2.24 bits per heavy atom. The third kappa shape index (κ3) is 5.80. The number of halogens is 1. The normalized spacial score (nSPS) is 17.7. The van der Waals surface area contributed by atoms with Gasteiger partial charge in [-0.2, -0.15) is 0 Å². The first kappa shape index (κ1) is 25.8. The highest BCUT2D eigenvalue weighted by Gasteiger charge is 2.45. The molecule has 34 heavy (non-hydrogen) atoms. The highest BCUT2D eigenvalue weighted by atomic mass is 35.5. The molecule has 1 atom stereocenters. The van der Waals surface area contributed by atoms with Gasteiger partial charge in [-0.15, -0.1) is 0 Å². The van der Waals surface area contributed by atoms with Crippen molar-refractivity contribution in [2.75, 3.05) is 32.8 Å². The van der Waals surface area contributed by atoms with Gasteiger partial charge in [0, 0.05) is 23.7 Å². The number of rotatable bonds is 10. The Balaban J connectivity index is 2.00. The van der Waals surface area contributed by atoms with E-state index < -0.39 is 17.7 Å². The van der Waals surface area contributed by atoms with E-state index in [2.05, 4.69) is 32.6 Å². The minimum Gasteiger partial charge on any atom is -0.507 e. The van der Waals surface area contributed by atoms with Gasteiger partial charge in [0.05, 0.1) is 18.2 Å². The number of benzene rings is 2. The van der Waals surface area contributed by atoms with E-state index in [0.717, 1.165) is 18.7 Å². The summed E-state index contributed by atoms with van der Waals surface area (Å²) in [7, 11) is 0. The second-order valence-electron chi connectivity index (χ2n) is 8.80. The van der Waals surface area contributed by atoms with Crippen LogP contribution < -0.4 is 4.74 Å². The quantitative estimate of drug-likeness (QED) is 0.287. The SMILES string of the molecule is CCN(CC)CCN1C(=O)C(=O)C(=C(O)c2ccc(OCC(C)C)cc2)[C@H]1c1ccc(Cl)cc1. The molecule has 1 aliphatic heterocycles. The number of ketones is 1. The van der Waals surface area contributed by atoms with E-state index in [-0.39, 0.29) is 11.3 Å². The van der Waals surface area contributed by atoms with Gasteiger partial charge in [0.2, 0.25) is 0 Å². The molecule has 1 fully saturated rings. The van der Waals surface area contributed by atoms with Crippen molar-refractivity contribution in [3.63, 3.8) is 0 Å². The number of ether oxygens (including phenoxy) is 1. The summed E-state index contributed by atoms with van der Waals surface area (Å²) in [5.41, 5.74) is 1.27. The van der Waals surface area contributed by atoms with Crippen LogP contribution in [0.5, 0.6) is 5.75 Å². The van der Waals surface area contributed by atoms with Crippen LogP contribution in [-0.2, 0) is 9.59 Å². The number of likely N-dealkylation sites (N-methyl/N-ethyl adjacent to an activating group) is 1. The molecular weight excluding hydrogens is 452 g/mol. The number of aliphatic hydroxyl groups excluding tert-OH is 1. The van der Waals surface area contributed by atoms with E-state index in [1.165, 1.54) is 0 Å². The highest BCUT2D eigenvalue weighted by Crippen LogP contribution is 2.39. The van der Waals surface area contributed by atoms with Crippen molar-refractivity contribution in [3.8, 4) is 5.75 Å². The molecule has 1 aliphatic rings. The van der Waals surface area contributed by atoms with E-state index in [1.54, 1.807) is 53.4 Å². The lowest BCUT2D eigenvalue weighted by Crippen LogP contribution is -2.38. The van der Waals surface area contributed by atoms with Crippen LogP contribution in [-0.4, -0.2) is 59.4 Å². The summed E-state index contributed by atoms with van der Waals surface area (Å²) in [4.78, 5) is 29.9. The molecule has 3 rings (SSSR count). The molecule has 2 aromatic carbocycles. The topological polar surface area (TPSA) is 70.1 Å². The van der Waals surface area contributed by atoms with Gasteiger partial charge in [0.1, 0.15) is 11.5 Å². The Labute approximate surface area is 206 Å². The van der Waals surface area contributed by atoms with Crippen LogP contribution in [0.3, 0.4) is 0 Å². The largest absolute Gasteiger partial charge is 0.507 e. The van der Waals surface area contributed by atoms with E-state index in [4.69, 9.17) is 16.3 Å². The predicted molar refractivity (Wildman–Crippen MR) is 135 cm³/mol. The van der Waals surface area contributed by atoms with Gasteiger partial charge in [-0.3, -0.25) is 9.59 Å². The molecule has 2 aromatic rings. The molecule has 0 unspecified atom stereocenters. The van der Waals surface area contributed by atoms with Crippen LogP contribution >= 0.6 is 11.6 Å². The molecule has 6 nitrogen and oxygen atoms in total. The molecule has 0 saturated carbocycles. The Morgan fingerprint density at radius 1 is 1.06 bits per heavy atom. The lowest BCUT2D eigenvalue weighted by Gasteiger charge is -2.28. The van der Waals surface area contributed by atoms with Crippen molar-refractivity contribution < 1.29 is 19.4 Å². The summed E-state index contributed by atoms with van der Waals surface area (Å²) in [6.07, 6.45) is 0.